The van der Waals surface area contributed by atoms with Crippen molar-refractivity contribution in [2.75, 3.05) is 31.7 Å². The Morgan fingerprint density at radius 3 is 2.75 bits per heavy atom. The van der Waals surface area contributed by atoms with Crippen molar-refractivity contribution in [1.29, 1.82) is 0 Å². The molecule has 1 aromatic heterocycles. The van der Waals surface area contributed by atoms with Gasteiger partial charge in [-0.15, -0.1) is 5.10 Å². The lowest BCUT2D eigenvalue weighted by Crippen LogP contribution is -2.38. The predicted octanol–water partition coefficient (Wildman–Crippen LogP) is 3.12. The normalized spacial score (nSPS) is 18.1. The molecular formula is C18H19N3O3. The van der Waals surface area contributed by atoms with Crippen LogP contribution in [-0.2, 0) is 4.74 Å². The summed E-state index contributed by atoms with van der Waals surface area (Å²) < 4.78 is 16.8. The van der Waals surface area contributed by atoms with Gasteiger partial charge < -0.3 is 18.8 Å². The quantitative estimate of drug-likeness (QED) is 0.737. The number of rotatable bonds is 3. The molecule has 6 nitrogen and oxygen atoms in total. The van der Waals surface area contributed by atoms with Gasteiger partial charge in [-0.3, -0.25) is 0 Å². The van der Waals surface area contributed by atoms with Crippen molar-refractivity contribution in [3.8, 4) is 5.75 Å². The SMILES string of the molecule is COc1ccc2cc([C@@H]3CN(c4nnc(C)o4)CCO3)ccc2c1. The zero-order chi connectivity index (χ0) is 16.5. The molecule has 2 heterocycles. The minimum atomic E-state index is -0.0162. The van der Waals surface area contributed by atoms with Crippen molar-refractivity contribution in [2.24, 2.45) is 0 Å². The summed E-state index contributed by atoms with van der Waals surface area (Å²) in [5.41, 5.74) is 1.15. The summed E-state index contributed by atoms with van der Waals surface area (Å²) in [6.07, 6.45) is -0.0162. The van der Waals surface area contributed by atoms with Crippen molar-refractivity contribution in [3.05, 3.63) is 47.9 Å². The fraction of sp³-hybridized carbons (Fsp3) is 0.333. The van der Waals surface area contributed by atoms with Gasteiger partial charge in [-0.25, -0.2) is 0 Å². The second-order valence-corrected chi connectivity index (χ2v) is 5.88. The number of morpholine rings is 1. The van der Waals surface area contributed by atoms with Gasteiger partial charge >= 0.3 is 6.01 Å². The minimum absolute atomic E-state index is 0.0162. The molecule has 3 aromatic rings. The lowest BCUT2D eigenvalue weighted by atomic mass is 10.0. The Kier molecular flexibility index (Phi) is 3.82. The van der Waals surface area contributed by atoms with Crippen LogP contribution in [0, 0.1) is 6.92 Å². The fourth-order valence-electron chi connectivity index (χ4n) is 3.01. The van der Waals surface area contributed by atoms with Gasteiger partial charge in [0.1, 0.15) is 11.9 Å². The summed E-state index contributed by atoms with van der Waals surface area (Å²) in [5, 5.41) is 10.3. The summed E-state index contributed by atoms with van der Waals surface area (Å²) in [6.45, 7) is 3.88. The van der Waals surface area contributed by atoms with Crippen LogP contribution in [0.15, 0.2) is 40.8 Å². The molecule has 0 aliphatic carbocycles. The van der Waals surface area contributed by atoms with E-state index < -0.39 is 0 Å². The molecule has 2 aromatic carbocycles. The number of aryl methyl sites for hydroxylation is 1. The second-order valence-electron chi connectivity index (χ2n) is 5.88. The number of ether oxygens (including phenoxy) is 2. The molecule has 0 spiro atoms. The summed E-state index contributed by atoms with van der Waals surface area (Å²) in [7, 11) is 1.68. The molecule has 0 radical (unpaired) electrons. The van der Waals surface area contributed by atoms with E-state index in [0.717, 1.165) is 23.2 Å². The highest BCUT2D eigenvalue weighted by atomic mass is 16.5. The van der Waals surface area contributed by atoms with Gasteiger partial charge in [-0.2, -0.15) is 0 Å². The van der Waals surface area contributed by atoms with Crippen molar-refractivity contribution in [1.82, 2.24) is 10.2 Å². The smallest absolute Gasteiger partial charge is 0.318 e. The number of nitrogens with zero attached hydrogens (tertiary/aromatic N) is 3. The number of anilines is 1. The minimum Gasteiger partial charge on any atom is -0.497 e. The van der Waals surface area contributed by atoms with Gasteiger partial charge in [0, 0.05) is 13.5 Å². The lowest BCUT2D eigenvalue weighted by molar-refractivity contribution is 0.0380. The van der Waals surface area contributed by atoms with E-state index >= 15 is 0 Å². The van der Waals surface area contributed by atoms with Gasteiger partial charge in [0.15, 0.2) is 0 Å². The van der Waals surface area contributed by atoms with Crippen molar-refractivity contribution < 1.29 is 13.9 Å². The first-order chi connectivity index (χ1) is 11.7. The highest BCUT2D eigenvalue weighted by Gasteiger charge is 2.25. The third-order valence-electron chi connectivity index (χ3n) is 4.30. The molecule has 0 unspecified atom stereocenters. The maximum Gasteiger partial charge on any atom is 0.318 e. The van der Waals surface area contributed by atoms with Gasteiger partial charge in [0.2, 0.25) is 5.89 Å². The first-order valence-corrected chi connectivity index (χ1v) is 7.97. The molecule has 0 N–H and O–H groups in total. The molecule has 1 aliphatic rings. The van der Waals surface area contributed by atoms with Gasteiger partial charge in [-0.1, -0.05) is 23.3 Å². The number of fused-ring (bicyclic) bond motifs is 1. The number of hydrogen-bond acceptors (Lipinski definition) is 6. The molecule has 1 fully saturated rings. The number of methoxy groups -OCH3 is 1. The Balaban J connectivity index is 1.59. The van der Waals surface area contributed by atoms with Crippen LogP contribution in [0.25, 0.3) is 10.8 Å². The number of hydrogen-bond donors (Lipinski definition) is 0. The van der Waals surface area contributed by atoms with Gasteiger partial charge in [-0.05, 0) is 34.5 Å². The molecule has 4 rings (SSSR count). The van der Waals surface area contributed by atoms with E-state index in [4.69, 9.17) is 13.9 Å². The molecule has 6 heteroatoms. The van der Waals surface area contributed by atoms with Gasteiger partial charge in [0.25, 0.3) is 0 Å². The summed E-state index contributed by atoms with van der Waals surface area (Å²) in [4.78, 5) is 2.08. The van der Waals surface area contributed by atoms with Crippen molar-refractivity contribution >= 4 is 16.8 Å². The molecule has 1 atom stereocenters. The maximum absolute atomic E-state index is 5.96. The highest BCUT2D eigenvalue weighted by Crippen LogP contribution is 2.29. The molecule has 24 heavy (non-hydrogen) atoms. The van der Waals surface area contributed by atoms with Crippen LogP contribution in [0.4, 0.5) is 6.01 Å². The maximum atomic E-state index is 5.96. The number of benzene rings is 2. The third-order valence-corrected chi connectivity index (χ3v) is 4.30. The zero-order valence-electron chi connectivity index (χ0n) is 13.7. The van der Waals surface area contributed by atoms with Gasteiger partial charge in [0.05, 0.1) is 20.3 Å². The molecule has 0 amide bonds. The predicted molar refractivity (Wildman–Crippen MR) is 90.4 cm³/mol. The van der Waals surface area contributed by atoms with Crippen molar-refractivity contribution in [2.45, 2.75) is 13.0 Å². The average Bonchev–Trinajstić information content (AvgIpc) is 3.07. The van der Waals surface area contributed by atoms with Crippen LogP contribution in [0.3, 0.4) is 0 Å². The Hall–Kier alpha value is -2.60. The molecular weight excluding hydrogens is 306 g/mol. The Morgan fingerprint density at radius 1 is 1.12 bits per heavy atom. The van der Waals surface area contributed by atoms with Crippen LogP contribution in [0.5, 0.6) is 5.75 Å². The fourth-order valence-corrected chi connectivity index (χ4v) is 3.01. The van der Waals surface area contributed by atoms with E-state index in [-0.39, 0.29) is 6.10 Å². The number of aromatic nitrogens is 2. The highest BCUT2D eigenvalue weighted by molar-refractivity contribution is 5.84. The summed E-state index contributed by atoms with van der Waals surface area (Å²) in [5.74, 6) is 1.44. The third kappa shape index (κ3) is 2.80. The molecule has 0 saturated carbocycles. The second kappa shape index (κ2) is 6.13. The largest absolute Gasteiger partial charge is 0.497 e. The van der Waals surface area contributed by atoms with Crippen LogP contribution in [0.2, 0.25) is 0 Å². The van der Waals surface area contributed by atoms with Crippen LogP contribution < -0.4 is 9.64 Å². The monoisotopic (exact) mass is 325 g/mol. The van der Waals surface area contributed by atoms with E-state index in [0.29, 0.717) is 25.1 Å². The Bertz CT molecular complexity index is 862. The first-order valence-electron chi connectivity index (χ1n) is 7.97. The molecule has 124 valence electrons. The topological polar surface area (TPSA) is 60.6 Å². The average molecular weight is 325 g/mol. The van der Waals surface area contributed by atoms with Crippen LogP contribution >= 0.6 is 0 Å². The van der Waals surface area contributed by atoms with E-state index in [9.17, 15) is 0 Å². The molecule has 1 aliphatic heterocycles. The van der Waals surface area contributed by atoms with Crippen molar-refractivity contribution in [3.63, 3.8) is 0 Å². The summed E-state index contributed by atoms with van der Waals surface area (Å²) in [6, 6.07) is 13.0. The van der Waals surface area contributed by atoms with E-state index in [2.05, 4.69) is 39.4 Å². The first kappa shape index (κ1) is 15.0. The zero-order valence-corrected chi connectivity index (χ0v) is 13.7. The van der Waals surface area contributed by atoms with Crippen LogP contribution in [-0.4, -0.2) is 37.0 Å². The Labute approximate surface area is 140 Å². The lowest BCUT2D eigenvalue weighted by Gasteiger charge is -2.32. The van der Waals surface area contributed by atoms with Crippen LogP contribution in [0.1, 0.15) is 17.6 Å². The van der Waals surface area contributed by atoms with E-state index in [1.165, 1.54) is 5.39 Å². The van der Waals surface area contributed by atoms with E-state index in [1.54, 1.807) is 14.0 Å². The molecule has 1 saturated heterocycles. The Morgan fingerprint density at radius 2 is 1.96 bits per heavy atom. The van der Waals surface area contributed by atoms with E-state index in [1.807, 2.05) is 12.1 Å². The standard InChI is InChI=1S/C18H19N3O3/c1-12-19-20-18(24-12)21-7-8-23-17(11-21)15-4-3-14-10-16(22-2)6-5-13(14)9-15/h3-6,9-10,17H,7-8,11H2,1-2H3/t17-/m0/s1. The molecule has 0 bridgehead atoms. The summed E-state index contributed by atoms with van der Waals surface area (Å²) >= 11 is 0.